The SMILES string of the molecule is Cc1ccccc1CN(C)C(=O)CN1CCC(CN)C1. The third-order valence-electron chi connectivity index (χ3n) is 4.16. The Morgan fingerprint density at radius 1 is 1.45 bits per heavy atom. The highest BCUT2D eigenvalue weighted by atomic mass is 16.2. The van der Waals surface area contributed by atoms with Gasteiger partial charge >= 0.3 is 0 Å². The molecule has 1 aromatic rings. The molecule has 1 fully saturated rings. The van der Waals surface area contributed by atoms with Crippen molar-refractivity contribution in [3.8, 4) is 0 Å². The zero-order valence-corrected chi connectivity index (χ0v) is 12.5. The van der Waals surface area contributed by atoms with Crippen molar-refractivity contribution in [3.63, 3.8) is 0 Å². The van der Waals surface area contributed by atoms with Gasteiger partial charge < -0.3 is 10.6 Å². The molecule has 20 heavy (non-hydrogen) atoms. The van der Waals surface area contributed by atoms with E-state index in [-0.39, 0.29) is 5.91 Å². The number of rotatable bonds is 5. The van der Waals surface area contributed by atoms with Crippen molar-refractivity contribution >= 4 is 5.91 Å². The van der Waals surface area contributed by atoms with Gasteiger partial charge in [-0.1, -0.05) is 24.3 Å². The molecule has 0 saturated carbocycles. The Hall–Kier alpha value is -1.39. The standard InChI is InChI=1S/C16H25N3O/c1-13-5-3-4-6-15(13)11-18(2)16(20)12-19-8-7-14(9-17)10-19/h3-6,14H,7-12,17H2,1-2H3. The molecule has 1 amide bonds. The van der Waals surface area contributed by atoms with E-state index in [2.05, 4.69) is 24.0 Å². The van der Waals surface area contributed by atoms with Crippen LogP contribution in [0.2, 0.25) is 0 Å². The summed E-state index contributed by atoms with van der Waals surface area (Å²) in [6.45, 7) is 5.95. The molecule has 1 aromatic carbocycles. The Kier molecular flexibility index (Phi) is 5.15. The molecule has 0 aliphatic carbocycles. The molecule has 1 aliphatic heterocycles. The molecule has 1 atom stereocenters. The third-order valence-corrected chi connectivity index (χ3v) is 4.16. The second kappa shape index (κ2) is 6.86. The number of hydrogen-bond donors (Lipinski definition) is 1. The number of aryl methyl sites for hydroxylation is 1. The van der Waals surface area contributed by atoms with Gasteiger partial charge in [0.2, 0.25) is 5.91 Å². The maximum absolute atomic E-state index is 12.3. The summed E-state index contributed by atoms with van der Waals surface area (Å²) in [5.41, 5.74) is 8.13. The number of nitrogens with zero attached hydrogens (tertiary/aromatic N) is 2. The largest absolute Gasteiger partial charge is 0.340 e. The van der Waals surface area contributed by atoms with Crippen LogP contribution in [0.5, 0.6) is 0 Å². The molecule has 110 valence electrons. The highest BCUT2D eigenvalue weighted by Gasteiger charge is 2.24. The van der Waals surface area contributed by atoms with Crippen molar-refractivity contribution in [1.29, 1.82) is 0 Å². The monoisotopic (exact) mass is 275 g/mol. The number of nitrogens with two attached hydrogens (primary N) is 1. The van der Waals surface area contributed by atoms with Gasteiger partial charge in [-0.3, -0.25) is 9.69 Å². The van der Waals surface area contributed by atoms with Crippen molar-refractivity contribution < 1.29 is 4.79 Å². The first-order valence-electron chi connectivity index (χ1n) is 7.31. The highest BCUT2D eigenvalue weighted by Crippen LogP contribution is 2.15. The Labute approximate surface area is 121 Å². The Bertz CT molecular complexity index is 461. The molecule has 1 heterocycles. The fourth-order valence-electron chi connectivity index (χ4n) is 2.69. The molecule has 1 saturated heterocycles. The van der Waals surface area contributed by atoms with Gasteiger partial charge in [-0.2, -0.15) is 0 Å². The van der Waals surface area contributed by atoms with E-state index in [1.165, 1.54) is 11.1 Å². The van der Waals surface area contributed by atoms with E-state index < -0.39 is 0 Å². The highest BCUT2D eigenvalue weighted by molar-refractivity contribution is 5.78. The van der Waals surface area contributed by atoms with Gasteiger partial charge in [-0.25, -0.2) is 0 Å². The summed E-state index contributed by atoms with van der Waals surface area (Å²) in [4.78, 5) is 16.3. The van der Waals surface area contributed by atoms with Gasteiger partial charge in [0, 0.05) is 20.1 Å². The zero-order valence-electron chi connectivity index (χ0n) is 12.5. The first kappa shape index (κ1) is 15.0. The normalized spacial score (nSPS) is 19.2. The van der Waals surface area contributed by atoms with E-state index in [1.807, 2.05) is 24.1 Å². The second-order valence-electron chi connectivity index (χ2n) is 5.80. The van der Waals surface area contributed by atoms with Gasteiger partial charge in [0.1, 0.15) is 0 Å². The van der Waals surface area contributed by atoms with Crippen LogP contribution in [0, 0.1) is 12.8 Å². The van der Waals surface area contributed by atoms with E-state index in [9.17, 15) is 4.79 Å². The van der Waals surface area contributed by atoms with Gasteiger partial charge in [0.25, 0.3) is 0 Å². The molecule has 1 unspecified atom stereocenters. The number of likely N-dealkylation sites (tertiary alicyclic amines) is 1. The number of carbonyl (C=O) groups excluding carboxylic acids is 1. The van der Waals surface area contributed by atoms with Crippen LogP contribution in [-0.4, -0.2) is 48.9 Å². The van der Waals surface area contributed by atoms with Crippen molar-refractivity contribution in [2.45, 2.75) is 19.9 Å². The fourth-order valence-corrected chi connectivity index (χ4v) is 2.69. The minimum atomic E-state index is 0.186. The lowest BCUT2D eigenvalue weighted by Crippen LogP contribution is -2.37. The van der Waals surface area contributed by atoms with Gasteiger partial charge in [0.15, 0.2) is 0 Å². The first-order valence-corrected chi connectivity index (χ1v) is 7.31. The van der Waals surface area contributed by atoms with Gasteiger partial charge in [0.05, 0.1) is 6.54 Å². The van der Waals surface area contributed by atoms with Crippen molar-refractivity contribution in [2.24, 2.45) is 11.7 Å². The minimum Gasteiger partial charge on any atom is -0.340 e. The molecule has 1 aliphatic rings. The average molecular weight is 275 g/mol. The van der Waals surface area contributed by atoms with Crippen LogP contribution in [0.25, 0.3) is 0 Å². The predicted octanol–water partition coefficient (Wildman–Crippen LogP) is 1.23. The first-order chi connectivity index (χ1) is 9.60. The zero-order chi connectivity index (χ0) is 14.5. The summed E-state index contributed by atoms with van der Waals surface area (Å²) in [6.07, 6.45) is 1.12. The Morgan fingerprint density at radius 2 is 2.20 bits per heavy atom. The van der Waals surface area contributed by atoms with Crippen LogP contribution in [0.4, 0.5) is 0 Å². The molecule has 2 rings (SSSR count). The van der Waals surface area contributed by atoms with Gasteiger partial charge in [-0.05, 0) is 43.5 Å². The van der Waals surface area contributed by atoms with Crippen molar-refractivity contribution in [2.75, 3.05) is 33.2 Å². The van der Waals surface area contributed by atoms with Crippen LogP contribution >= 0.6 is 0 Å². The maximum Gasteiger partial charge on any atom is 0.236 e. The molecule has 0 aromatic heterocycles. The van der Waals surface area contributed by atoms with Gasteiger partial charge in [-0.15, -0.1) is 0 Å². The number of likely N-dealkylation sites (N-methyl/N-ethyl adjacent to an activating group) is 1. The topological polar surface area (TPSA) is 49.6 Å². The number of amides is 1. The number of carbonyl (C=O) groups is 1. The van der Waals surface area contributed by atoms with E-state index >= 15 is 0 Å². The van der Waals surface area contributed by atoms with E-state index in [4.69, 9.17) is 5.73 Å². The summed E-state index contributed by atoms with van der Waals surface area (Å²) >= 11 is 0. The van der Waals surface area contributed by atoms with Crippen LogP contribution in [-0.2, 0) is 11.3 Å². The second-order valence-corrected chi connectivity index (χ2v) is 5.80. The third kappa shape index (κ3) is 3.81. The summed E-state index contributed by atoms with van der Waals surface area (Å²) in [7, 11) is 1.88. The lowest BCUT2D eigenvalue weighted by atomic mass is 10.1. The van der Waals surface area contributed by atoms with Crippen LogP contribution in [0.15, 0.2) is 24.3 Å². The molecule has 0 radical (unpaired) electrons. The van der Waals surface area contributed by atoms with Crippen LogP contribution < -0.4 is 5.73 Å². The predicted molar refractivity (Wildman–Crippen MR) is 81.3 cm³/mol. The Morgan fingerprint density at radius 3 is 2.85 bits per heavy atom. The molecule has 4 nitrogen and oxygen atoms in total. The van der Waals surface area contributed by atoms with Crippen molar-refractivity contribution in [3.05, 3.63) is 35.4 Å². The Balaban J connectivity index is 1.85. The van der Waals surface area contributed by atoms with E-state index in [1.54, 1.807) is 0 Å². The van der Waals surface area contributed by atoms with E-state index in [0.29, 0.717) is 19.0 Å². The van der Waals surface area contributed by atoms with Crippen molar-refractivity contribution in [1.82, 2.24) is 9.80 Å². The summed E-state index contributed by atoms with van der Waals surface area (Å²) in [5, 5.41) is 0. The summed E-state index contributed by atoms with van der Waals surface area (Å²) < 4.78 is 0. The minimum absolute atomic E-state index is 0.186. The summed E-state index contributed by atoms with van der Waals surface area (Å²) in [6, 6.07) is 8.21. The molecular formula is C16H25N3O. The number of hydrogen-bond acceptors (Lipinski definition) is 3. The quantitative estimate of drug-likeness (QED) is 0.879. The fraction of sp³-hybridized carbons (Fsp3) is 0.562. The average Bonchev–Trinajstić information content (AvgIpc) is 2.89. The lowest BCUT2D eigenvalue weighted by molar-refractivity contribution is -0.131. The molecular weight excluding hydrogens is 250 g/mol. The number of benzene rings is 1. The summed E-state index contributed by atoms with van der Waals surface area (Å²) in [5.74, 6) is 0.746. The molecule has 4 heteroatoms. The molecule has 0 bridgehead atoms. The van der Waals surface area contributed by atoms with Crippen LogP contribution in [0.3, 0.4) is 0 Å². The maximum atomic E-state index is 12.3. The molecule has 2 N–H and O–H groups in total. The smallest absolute Gasteiger partial charge is 0.236 e. The van der Waals surface area contributed by atoms with E-state index in [0.717, 1.165) is 26.1 Å². The van der Waals surface area contributed by atoms with Crippen LogP contribution in [0.1, 0.15) is 17.5 Å². The lowest BCUT2D eigenvalue weighted by Gasteiger charge is -2.22. The molecule has 0 spiro atoms.